The van der Waals surface area contributed by atoms with E-state index in [1.807, 2.05) is 0 Å². The Morgan fingerprint density at radius 1 is 1.29 bits per heavy atom. The van der Waals surface area contributed by atoms with Crippen molar-refractivity contribution in [2.24, 2.45) is 11.1 Å². The molecule has 0 aliphatic heterocycles. The molecule has 1 saturated carbocycles. The third-order valence-electron chi connectivity index (χ3n) is 4.83. The number of benzene rings is 1. The summed E-state index contributed by atoms with van der Waals surface area (Å²) in [5.74, 6) is -0.429. The molecule has 1 amide bonds. The molecule has 1 aliphatic rings. The van der Waals surface area contributed by atoms with Gasteiger partial charge in [0.1, 0.15) is 11.8 Å². The van der Waals surface area contributed by atoms with Crippen LogP contribution < -0.4 is 11.1 Å². The van der Waals surface area contributed by atoms with Crippen LogP contribution in [0.4, 0.5) is 0 Å². The van der Waals surface area contributed by atoms with E-state index in [4.69, 9.17) is 10.5 Å². The Bertz CT molecular complexity index is 565. The van der Waals surface area contributed by atoms with Crippen molar-refractivity contribution in [3.8, 4) is 5.75 Å². The molecule has 4 N–H and O–H groups in total. The molecule has 132 valence electrons. The lowest BCUT2D eigenvalue weighted by atomic mass is 9.81. The van der Waals surface area contributed by atoms with Gasteiger partial charge in [-0.3, -0.25) is 4.79 Å². The number of hydrogen-bond acceptors (Lipinski definition) is 5. The van der Waals surface area contributed by atoms with E-state index in [1.165, 1.54) is 7.11 Å². The number of nitrogens with one attached hydrogen (secondary N) is 1. The first-order valence-electron chi connectivity index (χ1n) is 8.37. The molecular formula is C18H26N2O4. The van der Waals surface area contributed by atoms with Gasteiger partial charge in [-0.1, -0.05) is 25.0 Å². The highest BCUT2D eigenvalue weighted by molar-refractivity contribution is 5.88. The van der Waals surface area contributed by atoms with Crippen molar-refractivity contribution < 1.29 is 19.4 Å². The standard InChI is InChI=1S/C18H26N2O4/c1-24-16(22)15(12-13-4-6-14(21)7-5-13)20-17(23)18(10-11-19)8-2-3-9-18/h4-7,15,21H,2-3,8-12,19H2,1H3,(H,20,23)/t15-/m0/s1. The summed E-state index contributed by atoms with van der Waals surface area (Å²) in [4.78, 5) is 24.9. The number of nitrogens with two attached hydrogens (primary N) is 1. The monoisotopic (exact) mass is 334 g/mol. The number of hydrogen-bond donors (Lipinski definition) is 3. The average molecular weight is 334 g/mol. The van der Waals surface area contributed by atoms with Crippen LogP contribution in [0.1, 0.15) is 37.7 Å². The zero-order chi connectivity index (χ0) is 17.6. The quantitative estimate of drug-likeness (QED) is 0.656. The van der Waals surface area contributed by atoms with E-state index in [0.717, 1.165) is 31.2 Å². The predicted molar refractivity (Wildman–Crippen MR) is 90.3 cm³/mol. The number of ether oxygens (including phenoxy) is 1. The van der Waals surface area contributed by atoms with Crippen molar-refractivity contribution in [2.75, 3.05) is 13.7 Å². The fourth-order valence-corrected chi connectivity index (χ4v) is 3.43. The number of phenolic OH excluding ortho intramolecular Hbond substituents is 1. The van der Waals surface area contributed by atoms with Gasteiger partial charge in [-0.05, 0) is 43.5 Å². The number of methoxy groups -OCH3 is 1. The summed E-state index contributed by atoms with van der Waals surface area (Å²) in [6.45, 7) is 0.453. The molecule has 1 aromatic carbocycles. The number of carbonyl (C=O) groups is 2. The summed E-state index contributed by atoms with van der Waals surface area (Å²) in [6, 6.07) is 5.81. The van der Waals surface area contributed by atoms with Crippen LogP contribution in [-0.4, -0.2) is 36.7 Å². The maximum Gasteiger partial charge on any atom is 0.328 e. The van der Waals surface area contributed by atoms with Crippen molar-refractivity contribution in [1.82, 2.24) is 5.32 Å². The highest BCUT2D eigenvalue weighted by atomic mass is 16.5. The summed E-state index contributed by atoms with van der Waals surface area (Å²) in [7, 11) is 1.31. The van der Waals surface area contributed by atoms with Gasteiger partial charge in [-0.15, -0.1) is 0 Å². The second-order valence-electron chi connectivity index (χ2n) is 6.45. The second-order valence-corrected chi connectivity index (χ2v) is 6.45. The zero-order valence-corrected chi connectivity index (χ0v) is 14.1. The van der Waals surface area contributed by atoms with Crippen molar-refractivity contribution in [2.45, 2.75) is 44.6 Å². The van der Waals surface area contributed by atoms with Crippen LogP contribution in [0.15, 0.2) is 24.3 Å². The van der Waals surface area contributed by atoms with Crippen molar-refractivity contribution in [3.63, 3.8) is 0 Å². The third kappa shape index (κ3) is 4.26. The van der Waals surface area contributed by atoms with Gasteiger partial charge in [0, 0.05) is 6.42 Å². The molecule has 2 rings (SSSR count). The van der Waals surface area contributed by atoms with Crippen molar-refractivity contribution in [1.29, 1.82) is 0 Å². The molecular weight excluding hydrogens is 308 g/mol. The van der Waals surface area contributed by atoms with Gasteiger partial charge < -0.3 is 20.9 Å². The molecule has 0 aromatic heterocycles. The van der Waals surface area contributed by atoms with Crippen LogP contribution in [0.3, 0.4) is 0 Å². The van der Waals surface area contributed by atoms with Crippen molar-refractivity contribution in [3.05, 3.63) is 29.8 Å². The van der Waals surface area contributed by atoms with E-state index in [1.54, 1.807) is 24.3 Å². The first kappa shape index (κ1) is 18.3. The maximum atomic E-state index is 12.8. The van der Waals surface area contributed by atoms with Crippen LogP contribution >= 0.6 is 0 Å². The van der Waals surface area contributed by atoms with E-state index in [2.05, 4.69) is 5.32 Å². The lowest BCUT2D eigenvalue weighted by Crippen LogP contribution is -2.49. The van der Waals surface area contributed by atoms with Gasteiger partial charge in [-0.25, -0.2) is 4.79 Å². The molecule has 0 saturated heterocycles. The van der Waals surface area contributed by atoms with E-state index < -0.39 is 17.4 Å². The minimum Gasteiger partial charge on any atom is -0.508 e. The predicted octanol–water partition coefficient (Wildman–Crippen LogP) is 1.50. The van der Waals surface area contributed by atoms with E-state index >= 15 is 0 Å². The van der Waals surface area contributed by atoms with Gasteiger partial charge in [0.2, 0.25) is 5.91 Å². The molecule has 1 fully saturated rings. The number of phenols is 1. The Kier molecular flexibility index (Phi) is 6.20. The molecule has 0 radical (unpaired) electrons. The van der Waals surface area contributed by atoms with Gasteiger partial charge in [0.15, 0.2) is 0 Å². The summed E-state index contributed by atoms with van der Waals surface area (Å²) in [5.41, 5.74) is 6.06. The van der Waals surface area contributed by atoms with Crippen LogP contribution in [0.5, 0.6) is 5.75 Å². The third-order valence-corrected chi connectivity index (χ3v) is 4.83. The maximum absolute atomic E-state index is 12.8. The van der Waals surface area contributed by atoms with E-state index in [0.29, 0.717) is 19.4 Å². The lowest BCUT2D eigenvalue weighted by molar-refractivity contribution is -0.146. The Morgan fingerprint density at radius 3 is 2.46 bits per heavy atom. The Labute approximate surface area is 142 Å². The highest BCUT2D eigenvalue weighted by Crippen LogP contribution is 2.41. The fraction of sp³-hybridized carbons (Fsp3) is 0.556. The molecule has 0 heterocycles. The summed E-state index contributed by atoms with van der Waals surface area (Å²) in [6.07, 6.45) is 4.58. The van der Waals surface area contributed by atoms with Crippen molar-refractivity contribution >= 4 is 11.9 Å². The fourth-order valence-electron chi connectivity index (χ4n) is 3.43. The molecule has 24 heavy (non-hydrogen) atoms. The number of aromatic hydroxyl groups is 1. The SMILES string of the molecule is COC(=O)[C@H](Cc1ccc(O)cc1)NC(=O)C1(CCN)CCCC1. The normalized spacial score (nSPS) is 17.2. The van der Waals surface area contributed by atoms with Gasteiger partial charge >= 0.3 is 5.97 Å². The van der Waals surface area contributed by atoms with Crippen LogP contribution in [0.2, 0.25) is 0 Å². The van der Waals surface area contributed by atoms with Crippen LogP contribution in [-0.2, 0) is 20.7 Å². The molecule has 1 aliphatic carbocycles. The van der Waals surface area contributed by atoms with Gasteiger partial charge in [0.25, 0.3) is 0 Å². The molecule has 6 heteroatoms. The zero-order valence-electron chi connectivity index (χ0n) is 14.1. The number of carbonyl (C=O) groups excluding carboxylic acids is 2. The smallest absolute Gasteiger partial charge is 0.328 e. The summed E-state index contributed by atoms with van der Waals surface area (Å²) >= 11 is 0. The molecule has 6 nitrogen and oxygen atoms in total. The molecule has 0 bridgehead atoms. The largest absolute Gasteiger partial charge is 0.508 e. The average Bonchev–Trinajstić information content (AvgIpc) is 3.05. The molecule has 1 aromatic rings. The molecule has 1 atom stereocenters. The topological polar surface area (TPSA) is 102 Å². The molecule has 0 spiro atoms. The number of amides is 1. The summed E-state index contributed by atoms with van der Waals surface area (Å²) in [5, 5.41) is 12.2. The lowest BCUT2D eigenvalue weighted by Gasteiger charge is -2.29. The second kappa shape index (κ2) is 8.15. The first-order valence-corrected chi connectivity index (χ1v) is 8.37. The van der Waals surface area contributed by atoms with Gasteiger partial charge in [-0.2, -0.15) is 0 Å². The number of rotatable bonds is 7. The van der Waals surface area contributed by atoms with Gasteiger partial charge in [0.05, 0.1) is 12.5 Å². The minimum absolute atomic E-state index is 0.111. The first-order chi connectivity index (χ1) is 11.5. The van der Waals surface area contributed by atoms with E-state index in [9.17, 15) is 14.7 Å². The number of esters is 1. The Balaban J connectivity index is 2.11. The minimum atomic E-state index is -0.748. The van der Waals surface area contributed by atoms with Crippen LogP contribution in [0, 0.1) is 5.41 Å². The molecule has 0 unspecified atom stereocenters. The van der Waals surface area contributed by atoms with Crippen LogP contribution in [0.25, 0.3) is 0 Å². The Morgan fingerprint density at radius 2 is 1.92 bits per heavy atom. The Hall–Kier alpha value is -2.08. The highest BCUT2D eigenvalue weighted by Gasteiger charge is 2.41. The summed E-state index contributed by atoms with van der Waals surface area (Å²) < 4.78 is 4.84. The van der Waals surface area contributed by atoms with E-state index in [-0.39, 0.29) is 11.7 Å².